The fourth-order valence-electron chi connectivity index (χ4n) is 5.23. The number of hydrazone groups is 1. The van der Waals surface area contributed by atoms with Gasteiger partial charge in [-0.05, 0) is 67.3 Å². The van der Waals surface area contributed by atoms with Crippen molar-refractivity contribution >= 4 is 23.0 Å². The summed E-state index contributed by atoms with van der Waals surface area (Å²) in [7, 11) is 1.64. The minimum Gasteiger partial charge on any atom is -0.497 e. The van der Waals surface area contributed by atoms with Crippen molar-refractivity contribution < 1.29 is 14.4 Å². The normalized spacial score (nSPS) is 20.1. The first-order valence-electron chi connectivity index (χ1n) is 11.1. The molecular weight excluding hydrogens is 388 g/mol. The number of rotatable bonds is 5. The van der Waals surface area contributed by atoms with E-state index in [-0.39, 0.29) is 5.91 Å². The number of aryl methyl sites for hydroxylation is 2. The van der Waals surface area contributed by atoms with Gasteiger partial charge in [-0.3, -0.25) is 4.79 Å². The van der Waals surface area contributed by atoms with Crippen LogP contribution in [0.15, 0.2) is 47.6 Å². The Hall–Kier alpha value is -3.12. The molecule has 2 aromatic carbocycles. The van der Waals surface area contributed by atoms with Crippen LogP contribution in [0.1, 0.15) is 41.3 Å². The molecule has 0 saturated heterocycles. The molecule has 0 fully saturated rings. The molecule has 0 bridgehead atoms. The predicted octanol–water partition coefficient (Wildman–Crippen LogP) is 2.38. The van der Waals surface area contributed by atoms with Crippen molar-refractivity contribution in [2.45, 2.75) is 38.8 Å². The van der Waals surface area contributed by atoms with Crippen LogP contribution < -0.4 is 15.1 Å². The maximum Gasteiger partial charge on any atom is 0.295 e. The maximum absolute atomic E-state index is 12.6. The van der Waals surface area contributed by atoms with Crippen molar-refractivity contribution in [3.63, 3.8) is 0 Å². The second-order valence-corrected chi connectivity index (χ2v) is 8.63. The highest BCUT2D eigenvalue weighted by Crippen LogP contribution is 2.37. The average Bonchev–Trinajstić information content (AvgIpc) is 3.10. The van der Waals surface area contributed by atoms with Crippen LogP contribution in [-0.2, 0) is 17.8 Å². The molecule has 2 heterocycles. The van der Waals surface area contributed by atoms with Gasteiger partial charge in [-0.1, -0.05) is 11.6 Å². The van der Waals surface area contributed by atoms with Crippen LogP contribution in [0.25, 0.3) is 10.9 Å². The third kappa shape index (κ3) is 3.72. The number of nitrogens with one attached hydrogen (secondary N) is 2. The number of aromatic nitrogens is 1. The molecule has 160 valence electrons. The molecule has 1 aliphatic carbocycles. The summed E-state index contributed by atoms with van der Waals surface area (Å²) >= 11 is 0. The zero-order chi connectivity index (χ0) is 21.4. The Labute approximate surface area is 182 Å². The Morgan fingerprint density at radius 1 is 1.29 bits per heavy atom. The zero-order valence-corrected chi connectivity index (χ0v) is 18.1. The summed E-state index contributed by atoms with van der Waals surface area (Å²) in [6, 6.07) is 14.8. The molecular formula is C25H29N4O2+. The third-order valence-corrected chi connectivity index (χ3v) is 6.67. The number of ether oxygens (including phenoxy) is 1. The van der Waals surface area contributed by atoms with Gasteiger partial charge >= 0.3 is 0 Å². The van der Waals surface area contributed by atoms with Crippen LogP contribution in [0.2, 0.25) is 0 Å². The van der Waals surface area contributed by atoms with Gasteiger partial charge in [0, 0.05) is 17.3 Å². The summed E-state index contributed by atoms with van der Waals surface area (Å²) in [5.41, 5.74) is 9.27. The molecule has 5 rings (SSSR count). The molecule has 2 aliphatic rings. The minimum atomic E-state index is -0.0349. The quantitative estimate of drug-likeness (QED) is 0.495. The number of methoxy groups -OCH3 is 1. The number of fused-ring (bicyclic) bond motifs is 3. The summed E-state index contributed by atoms with van der Waals surface area (Å²) in [5.74, 6) is 0.765. The smallest absolute Gasteiger partial charge is 0.295 e. The predicted molar refractivity (Wildman–Crippen MR) is 122 cm³/mol. The van der Waals surface area contributed by atoms with E-state index in [4.69, 9.17) is 4.74 Å². The van der Waals surface area contributed by atoms with Gasteiger partial charge in [0.15, 0.2) is 6.54 Å². The van der Waals surface area contributed by atoms with Crippen LogP contribution in [0.4, 0.5) is 0 Å². The number of quaternary nitrogens is 1. The van der Waals surface area contributed by atoms with E-state index in [2.05, 4.69) is 40.2 Å². The lowest BCUT2D eigenvalue weighted by atomic mass is 9.89. The van der Waals surface area contributed by atoms with Crippen LogP contribution >= 0.6 is 0 Å². The number of hydrogen-bond donors (Lipinski definition) is 2. The van der Waals surface area contributed by atoms with Gasteiger partial charge in [0.05, 0.1) is 32.1 Å². The van der Waals surface area contributed by atoms with Crippen molar-refractivity contribution in [2.75, 3.05) is 20.2 Å². The molecule has 2 atom stereocenters. The second-order valence-electron chi connectivity index (χ2n) is 8.63. The lowest BCUT2D eigenvalue weighted by Gasteiger charge is -2.36. The minimum absolute atomic E-state index is 0.0349. The zero-order valence-electron chi connectivity index (χ0n) is 18.1. The van der Waals surface area contributed by atoms with Gasteiger partial charge in [-0.15, -0.1) is 0 Å². The fraction of sp³-hybridized carbons (Fsp3) is 0.360. The molecule has 1 aliphatic heterocycles. The number of hydrogen-bond acceptors (Lipinski definition) is 3. The summed E-state index contributed by atoms with van der Waals surface area (Å²) in [6.45, 7) is 4.54. The van der Waals surface area contributed by atoms with Gasteiger partial charge in [-0.25, -0.2) is 5.43 Å². The maximum atomic E-state index is 12.6. The van der Waals surface area contributed by atoms with E-state index < -0.39 is 0 Å². The number of carbonyl (C=O) groups excluding carboxylic acids is 1. The molecule has 0 saturated carbocycles. The van der Waals surface area contributed by atoms with Crippen LogP contribution in [0, 0.1) is 6.92 Å². The van der Waals surface area contributed by atoms with Crippen molar-refractivity contribution in [3.8, 4) is 5.75 Å². The first-order chi connectivity index (χ1) is 15.1. The number of benzene rings is 2. The van der Waals surface area contributed by atoms with Crippen LogP contribution in [0.5, 0.6) is 5.75 Å². The van der Waals surface area contributed by atoms with Gasteiger partial charge < -0.3 is 14.2 Å². The molecule has 6 nitrogen and oxygen atoms in total. The molecule has 3 aromatic rings. The van der Waals surface area contributed by atoms with Crippen molar-refractivity contribution in [1.82, 2.24) is 9.99 Å². The van der Waals surface area contributed by atoms with E-state index in [1.54, 1.807) is 13.3 Å². The summed E-state index contributed by atoms with van der Waals surface area (Å²) in [6.07, 6.45) is 5.14. The Morgan fingerprint density at radius 3 is 2.94 bits per heavy atom. The summed E-state index contributed by atoms with van der Waals surface area (Å²) in [5, 5.41) is 5.56. The Balaban J connectivity index is 1.29. The molecule has 2 N–H and O–H groups in total. The summed E-state index contributed by atoms with van der Waals surface area (Å²) < 4.78 is 7.67. The lowest BCUT2D eigenvalue weighted by Crippen LogP contribution is -3.14. The van der Waals surface area contributed by atoms with E-state index in [1.807, 2.05) is 24.3 Å². The van der Waals surface area contributed by atoms with Crippen molar-refractivity contribution in [1.29, 1.82) is 0 Å². The fourth-order valence-corrected chi connectivity index (χ4v) is 5.23. The first kappa shape index (κ1) is 19.8. The molecule has 1 aromatic heterocycles. The third-order valence-electron chi connectivity index (χ3n) is 6.67. The molecule has 31 heavy (non-hydrogen) atoms. The topological polar surface area (TPSA) is 60.1 Å². The van der Waals surface area contributed by atoms with Gasteiger partial charge in [0.2, 0.25) is 0 Å². The molecule has 1 unspecified atom stereocenters. The highest BCUT2D eigenvalue weighted by Gasteiger charge is 2.38. The van der Waals surface area contributed by atoms with Crippen LogP contribution in [-0.4, -0.2) is 36.9 Å². The second kappa shape index (κ2) is 8.19. The lowest BCUT2D eigenvalue weighted by molar-refractivity contribution is -0.929. The Bertz CT molecular complexity index is 1150. The number of amides is 1. The highest BCUT2D eigenvalue weighted by molar-refractivity contribution is 5.87. The molecule has 6 heteroatoms. The number of carbonyl (C=O) groups is 1. The standard InChI is InChI=1S/C25H28N4O2/c1-17-6-11-22-21(14-17)20-4-3-5-23-25(20)29(22)13-12-28(23)16-24(30)27-26-15-18-7-9-19(31-2)10-8-18/h6-11,14-15,23H,3-5,12-13,16H2,1-2H3,(H,27,30)/p+1/b26-15-/t23-/m0/s1. The van der Waals surface area contributed by atoms with E-state index >= 15 is 0 Å². The van der Waals surface area contributed by atoms with Crippen LogP contribution in [0.3, 0.4) is 0 Å². The SMILES string of the molecule is COc1ccc(/C=N\NC(=O)C[NH+]2CCn3c4c(c5cc(C)ccc53)CCC[C@@H]42)cc1. The van der Waals surface area contributed by atoms with Crippen molar-refractivity contribution in [2.24, 2.45) is 5.10 Å². The molecule has 0 radical (unpaired) electrons. The Kier molecular flexibility index (Phi) is 5.24. The summed E-state index contributed by atoms with van der Waals surface area (Å²) in [4.78, 5) is 14.0. The Morgan fingerprint density at radius 2 is 2.13 bits per heavy atom. The average molecular weight is 418 g/mol. The number of nitrogens with zero attached hydrogens (tertiary/aromatic N) is 2. The first-order valence-corrected chi connectivity index (χ1v) is 11.1. The largest absolute Gasteiger partial charge is 0.497 e. The van der Waals surface area contributed by atoms with Gasteiger partial charge in [-0.2, -0.15) is 5.10 Å². The van der Waals surface area contributed by atoms with E-state index in [1.165, 1.54) is 39.0 Å². The van der Waals surface area contributed by atoms with Gasteiger partial charge in [0.25, 0.3) is 5.91 Å². The molecule has 0 spiro atoms. The monoisotopic (exact) mass is 417 g/mol. The van der Waals surface area contributed by atoms with E-state index in [9.17, 15) is 4.79 Å². The van der Waals surface area contributed by atoms with Gasteiger partial charge in [0.1, 0.15) is 11.8 Å². The molecule has 1 amide bonds. The van der Waals surface area contributed by atoms with E-state index in [0.29, 0.717) is 12.6 Å². The highest BCUT2D eigenvalue weighted by atomic mass is 16.5. The van der Waals surface area contributed by atoms with Crippen molar-refractivity contribution in [3.05, 3.63) is 64.8 Å². The van der Waals surface area contributed by atoms with E-state index in [0.717, 1.165) is 37.2 Å².